The van der Waals surface area contributed by atoms with E-state index in [1.54, 1.807) is 0 Å². The van der Waals surface area contributed by atoms with Crippen LogP contribution >= 0.6 is 0 Å². The summed E-state index contributed by atoms with van der Waals surface area (Å²) in [6, 6.07) is 9.17. The van der Waals surface area contributed by atoms with Gasteiger partial charge in [0.05, 0.1) is 0 Å². The third-order valence-electron chi connectivity index (χ3n) is 4.91. The average Bonchev–Trinajstić information content (AvgIpc) is 2.35. The summed E-state index contributed by atoms with van der Waals surface area (Å²) in [6.07, 6.45) is 2.06. The molecular formula is C21H38N2. The van der Waals surface area contributed by atoms with Gasteiger partial charge in [-0.2, -0.15) is 0 Å². The average molecular weight is 319 g/mol. The summed E-state index contributed by atoms with van der Waals surface area (Å²) < 4.78 is 0. The van der Waals surface area contributed by atoms with Crippen LogP contribution in [0.5, 0.6) is 0 Å². The summed E-state index contributed by atoms with van der Waals surface area (Å²) >= 11 is 0. The number of nitrogens with one attached hydrogen (secondary N) is 1. The summed E-state index contributed by atoms with van der Waals surface area (Å²) in [4.78, 5) is 0. The van der Waals surface area contributed by atoms with Gasteiger partial charge < -0.3 is 11.1 Å². The summed E-state index contributed by atoms with van der Waals surface area (Å²) in [6.45, 7) is 17.9. The Morgan fingerprint density at radius 1 is 0.739 bits per heavy atom. The molecule has 0 aliphatic rings. The van der Waals surface area contributed by atoms with E-state index >= 15 is 0 Å². The van der Waals surface area contributed by atoms with E-state index < -0.39 is 0 Å². The highest BCUT2D eigenvalue weighted by molar-refractivity contribution is 5.32. The molecule has 0 aromatic heterocycles. The standard InChI is InChI=1S/C21H38N2/c1-18(2,14-20(5,6)22)16-10-12-17(13-11-16)19(3,4)15-21(7,8)23-9/h10-13,23H,14-15,22H2,1-9H3. The lowest BCUT2D eigenvalue weighted by molar-refractivity contribution is 0.304. The molecule has 0 aliphatic heterocycles. The Hall–Kier alpha value is -0.860. The first-order valence-corrected chi connectivity index (χ1v) is 8.77. The minimum absolute atomic E-state index is 0.0885. The molecule has 3 N–H and O–H groups in total. The van der Waals surface area contributed by atoms with E-state index in [2.05, 4.69) is 85.0 Å². The van der Waals surface area contributed by atoms with Gasteiger partial charge in [0.2, 0.25) is 0 Å². The molecule has 0 amide bonds. The monoisotopic (exact) mass is 318 g/mol. The topological polar surface area (TPSA) is 38.0 Å². The summed E-state index contributed by atoms with van der Waals surface area (Å²) in [5.74, 6) is 0. The molecule has 0 unspecified atom stereocenters. The van der Waals surface area contributed by atoms with Crippen molar-refractivity contribution in [3.05, 3.63) is 35.4 Å². The number of hydrogen-bond donors (Lipinski definition) is 2. The van der Waals surface area contributed by atoms with Crippen molar-refractivity contribution in [1.82, 2.24) is 5.32 Å². The van der Waals surface area contributed by atoms with Crippen LogP contribution in [0, 0.1) is 0 Å². The van der Waals surface area contributed by atoms with Gasteiger partial charge in [-0.25, -0.2) is 0 Å². The largest absolute Gasteiger partial charge is 0.326 e. The van der Waals surface area contributed by atoms with Crippen molar-refractivity contribution in [2.45, 2.75) is 90.1 Å². The first-order valence-electron chi connectivity index (χ1n) is 8.77. The van der Waals surface area contributed by atoms with Crippen molar-refractivity contribution >= 4 is 0 Å². The molecule has 0 heterocycles. The Morgan fingerprint density at radius 2 is 1.09 bits per heavy atom. The molecule has 0 spiro atoms. The first kappa shape index (κ1) is 20.2. The molecule has 0 saturated heterocycles. The third-order valence-corrected chi connectivity index (χ3v) is 4.91. The number of benzene rings is 1. The molecule has 2 heteroatoms. The minimum atomic E-state index is -0.155. The Balaban J connectivity index is 3.00. The SMILES string of the molecule is CNC(C)(C)CC(C)(C)c1ccc(C(C)(C)CC(C)(C)N)cc1. The molecule has 2 nitrogen and oxygen atoms in total. The number of hydrogen-bond acceptors (Lipinski definition) is 2. The fourth-order valence-electron chi connectivity index (χ4n) is 3.91. The summed E-state index contributed by atoms with van der Waals surface area (Å²) in [5, 5.41) is 3.41. The molecule has 0 fully saturated rings. The van der Waals surface area contributed by atoms with Crippen LogP contribution in [0.3, 0.4) is 0 Å². The maximum absolute atomic E-state index is 6.24. The second-order valence-corrected chi connectivity index (χ2v) is 9.82. The van der Waals surface area contributed by atoms with Gasteiger partial charge in [0.1, 0.15) is 0 Å². The first-order chi connectivity index (χ1) is 10.2. The van der Waals surface area contributed by atoms with Crippen LogP contribution in [-0.4, -0.2) is 18.1 Å². The molecule has 23 heavy (non-hydrogen) atoms. The third kappa shape index (κ3) is 5.93. The zero-order chi connectivity index (χ0) is 18.1. The number of nitrogens with two attached hydrogens (primary N) is 1. The smallest absolute Gasteiger partial charge is 0.0130 e. The Kier molecular flexibility index (Phi) is 5.76. The van der Waals surface area contributed by atoms with E-state index in [1.165, 1.54) is 11.1 Å². The normalized spacial score (nSPS) is 14.2. The van der Waals surface area contributed by atoms with Crippen molar-refractivity contribution in [1.29, 1.82) is 0 Å². The second-order valence-electron chi connectivity index (χ2n) is 9.82. The minimum Gasteiger partial charge on any atom is -0.326 e. The van der Waals surface area contributed by atoms with Gasteiger partial charge in [0, 0.05) is 11.1 Å². The van der Waals surface area contributed by atoms with Gasteiger partial charge in [0.15, 0.2) is 0 Å². The summed E-state index contributed by atoms with van der Waals surface area (Å²) in [5.41, 5.74) is 9.20. The zero-order valence-corrected chi connectivity index (χ0v) is 16.8. The van der Waals surface area contributed by atoms with Crippen molar-refractivity contribution < 1.29 is 0 Å². The van der Waals surface area contributed by atoms with E-state index in [0.29, 0.717) is 0 Å². The van der Waals surface area contributed by atoms with E-state index in [0.717, 1.165) is 12.8 Å². The van der Waals surface area contributed by atoms with Gasteiger partial charge in [-0.1, -0.05) is 52.0 Å². The molecule has 132 valence electrons. The molecule has 0 saturated carbocycles. The van der Waals surface area contributed by atoms with Gasteiger partial charge in [-0.3, -0.25) is 0 Å². The molecule has 0 radical (unpaired) electrons. The zero-order valence-electron chi connectivity index (χ0n) is 16.8. The van der Waals surface area contributed by atoms with Gasteiger partial charge in [-0.05, 0) is 69.5 Å². The maximum Gasteiger partial charge on any atom is 0.0130 e. The van der Waals surface area contributed by atoms with Crippen LogP contribution in [0.15, 0.2) is 24.3 Å². The Bertz CT molecular complexity index is 502. The van der Waals surface area contributed by atoms with Crippen LogP contribution in [0.2, 0.25) is 0 Å². The van der Waals surface area contributed by atoms with E-state index in [1.807, 2.05) is 7.05 Å². The molecule has 1 aromatic carbocycles. The van der Waals surface area contributed by atoms with E-state index in [9.17, 15) is 0 Å². The molecule has 0 atom stereocenters. The highest BCUT2D eigenvalue weighted by Crippen LogP contribution is 2.35. The molecular weight excluding hydrogens is 280 g/mol. The van der Waals surface area contributed by atoms with Crippen molar-refractivity contribution in [2.24, 2.45) is 5.73 Å². The Labute approximate surface area is 144 Å². The van der Waals surface area contributed by atoms with Crippen LogP contribution < -0.4 is 11.1 Å². The highest BCUT2D eigenvalue weighted by atomic mass is 14.9. The van der Waals surface area contributed by atoms with E-state index in [-0.39, 0.29) is 21.9 Å². The van der Waals surface area contributed by atoms with Crippen molar-refractivity contribution in [3.63, 3.8) is 0 Å². The van der Waals surface area contributed by atoms with Gasteiger partial charge in [-0.15, -0.1) is 0 Å². The predicted molar refractivity (Wildman–Crippen MR) is 103 cm³/mol. The highest BCUT2D eigenvalue weighted by Gasteiger charge is 2.31. The summed E-state index contributed by atoms with van der Waals surface area (Å²) in [7, 11) is 2.04. The fourth-order valence-corrected chi connectivity index (χ4v) is 3.91. The van der Waals surface area contributed by atoms with Crippen LogP contribution in [0.4, 0.5) is 0 Å². The van der Waals surface area contributed by atoms with Crippen LogP contribution in [0.25, 0.3) is 0 Å². The van der Waals surface area contributed by atoms with Crippen LogP contribution in [0.1, 0.15) is 79.4 Å². The van der Waals surface area contributed by atoms with Crippen molar-refractivity contribution in [2.75, 3.05) is 7.05 Å². The molecule has 1 rings (SSSR count). The number of rotatable bonds is 7. The van der Waals surface area contributed by atoms with E-state index in [4.69, 9.17) is 5.73 Å². The molecule has 0 aliphatic carbocycles. The lowest BCUT2D eigenvalue weighted by Crippen LogP contribution is -2.42. The van der Waals surface area contributed by atoms with Gasteiger partial charge >= 0.3 is 0 Å². The quantitative estimate of drug-likeness (QED) is 0.761. The lowest BCUT2D eigenvalue weighted by atomic mass is 9.72. The van der Waals surface area contributed by atoms with Crippen molar-refractivity contribution in [3.8, 4) is 0 Å². The van der Waals surface area contributed by atoms with Crippen LogP contribution in [-0.2, 0) is 10.8 Å². The lowest BCUT2D eigenvalue weighted by Gasteiger charge is -2.36. The predicted octanol–water partition coefficient (Wildman–Crippen LogP) is 4.76. The fraction of sp³-hybridized carbons (Fsp3) is 0.714. The molecule has 0 bridgehead atoms. The molecule has 1 aromatic rings. The van der Waals surface area contributed by atoms with Gasteiger partial charge in [0.25, 0.3) is 0 Å². The maximum atomic E-state index is 6.24. The Morgan fingerprint density at radius 3 is 1.39 bits per heavy atom. The second kappa shape index (κ2) is 6.57.